The molecule has 2 aromatic rings. The Bertz CT molecular complexity index is 583. The van der Waals surface area contributed by atoms with E-state index in [-0.39, 0.29) is 0 Å². The number of benzene rings is 2. The number of nitrogen functional groups attached to an aromatic ring is 1. The van der Waals surface area contributed by atoms with Crippen molar-refractivity contribution in [1.29, 1.82) is 0 Å². The fraction of sp³-hybridized carbons (Fsp3) is 0.200. The lowest BCUT2D eigenvalue weighted by Crippen LogP contribution is -2.32. The Balaban J connectivity index is 1.87. The maximum Gasteiger partial charge on any atom is 0.142 e. The largest absolute Gasteiger partial charge is 0.490 e. The molecule has 0 saturated carbocycles. The minimum atomic E-state index is 0.716. The zero-order chi connectivity index (χ0) is 13.2. The molecule has 3 rings (SSSR count). The highest BCUT2D eigenvalue weighted by atomic mass is 79.9. The van der Waals surface area contributed by atoms with Crippen LogP contribution >= 0.6 is 15.9 Å². The van der Waals surface area contributed by atoms with E-state index in [4.69, 9.17) is 10.5 Å². The molecule has 1 heterocycles. The molecule has 0 amide bonds. The van der Waals surface area contributed by atoms with Crippen LogP contribution in [0.1, 0.15) is 5.56 Å². The third kappa shape index (κ3) is 2.68. The molecule has 0 atom stereocenters. The van der Waals surface area contributed by atoms with Crippen LogP contribution in [0.25, 0.3) is 0 Å². The minimum Gasteiger partial charge on any atom is -0.490 e. The second kappa shape index (κ2) is 5.13. The Morgan fingerprint density at radius 1 is 1.16 bits per heavy atom. The van der Waals surface area contributed by atoms with Crippen LogP contribution in [0.15, 0.2) is 46.9 Å². The van der Waals surface area contributed by atoms with Gasteiger partial charge in [0.25, 0.3) is 0 Å². The molecule has 2 aromatic carbocycles. The molecular weight excluding hydrogens is 304 g/mol. The molecule has 4 heteroatoms. The third-order valence-electron chi connectivity index (χ3n) is 3.23. The Kier molecular flexibility index (Phi) is 3.34. The van der Waals surface area contributed by atoms with Crippen molar-refractivity contribution in [3.05, 3.63) is 52.5 Å². The summed E-state index contributed by atoms with van der Waals surface area (Å²) in [5.74, 6) is 0.914. The van der Waals surface area contributed by atoms with E-state index in [9.17, 15) is 0 Å². The van der Waals surface area contributed by atoms with Crippen LogP contribution in [0.3, 0.4) is 0 Å². The predicted molar refractivity (Wildman–Crippen MR) is 81.5 cm³/mol. The Hall–Kier alpha value is -1.68. The van der Waals surface area contributed by atoms with Crippen molar-refractivity contribution < 1.29 is 4.74 Å². The highest BCUT2D eigenvalue weighted by Gasteiger charge is 2.18. The number of halogens is 1. The summed E-state index contributed by atoms with van der Waals surface area (Å²) in [6, 6.07) is 14.2. The van der Waals surface area contributed by atoms with Crippen molar-refractivity contribution in [3.8, 4) is 5.75 Å². The lowest BCUT2D eigenvalue weighted by atomic mass is 10.1. The van der Waals surface area contributed by atoms with Crippen LogP contribution in [0.4, 0.5) is 11.4 Å². The molecule has 0 unspecified atom stereocenters. The molecule has 1 aliphatic rings. The molecule has 3 nitrogen and oxygen atoms in total. The van der Waals surface area contributed by atoms with E-state index in [2.05, 4.69) is 45.1 Å². The second-order valence-electron chi connectivity index (χ2n) is 4.62. The van der Waals surface area contributed by atoms with Crippen molar-refractivity contribution >= 4 is 27.3 Å². The zero-order valence-electron chi connectivity index (χ0n) is 10.5. The van der Waals surface area contributed by atoms with Gasteiger partial charge in [-0.05, 0) is 35.9 Å². The summed E-state index contributed by atoms with van der Waals surface area (Å²) < 4.78 is 6.76. The molecule has 0 saturated heterocycles. The molecule has 0 spiro atoms. The van der Waals surface area contributed by atoms with Gasteiger partial charge >= 0.3 is 0 Å². The number of anilines is 2. The number of hydrogen-bond donors (Lipinski definition) is 1. The predicted octanol–water partition coefficient (Wildman–Crippen LogP) is 3.43. The molecular formula is C15H15BrN2O. The fourth-order valence-corrected chi connectivity index (χ4v) is 2.53. The number of hydrogen-bond acceptors (Lipinski definition) is 3. The highest BCUT2D eigenvalue weighted by Crippen LogP contribution is 2.34. The van der Waals surface area contributed by atoms with Gasteiger partial charge in [0.2, 0.25) is 0 Å². The molecule has 0 fully saturated rings. The van der Waals surface area contributed by atoms with Crippen molar-refractivity contribution in [2.24, 2.45) is 0 Å². The van der Waals surface area contributed by atoms with Gasteiger partial charge in [-0.3, -0.25) is 0 Å². The van der Waals surface area contributed by atoms with Crippen LogP contribution in [0.5, 0.6) is 5.75 Å². The molecule has 0 aromatic heterocycles. The first-order valence-electron chi connectivity index (χ1n) is 6.24. The smallest absolute Gasteiger partial charge is 0.142 e. The van der Waals surface area contributed by atoms with Crippen molar-refractivity contribution in [1.82, 2.24) is 0 Å². The first-order chi connectivity index (χ1) is 9.22. The van der Waals surface area contributed by atoms with E-state index in [1.165, 1.54) is 5.56 Å². The highest BCUT2D eigenvalue weighted by molar-refractivity contribution is 9.10. The van der Waals surface area contributed by atoms with E-state index in [1.807, 2.05) is 18.2 Å². The maximum atomic E-state index is 5.87. The zero-order valence-corrected chi connectivity index (χ0v) is 12.1. The summed E-state index contributed by atoms with van der Waals surface area (Å²) in [4.78, 5) is 2.30. The Morgan fingerprint density at radius 3 is 2.74 bits per heavy atom. The van der Waals surface area contributed by atoms with Gasteiger partial charge in [-0.2, -0.15) is 0 Å². The standard InChI is InChI=1S/C15H15BrN2O/c16-12-3-1-11(2-4-12)10-18-7-8-19-15-6-5-13(17)9-14(15)18/h1-6,9H,7-8,10,17H2. The van der Waals surface area contributed by atoms with E-state index in [0.717, 1.165) is 34.7 Å². The normalized spacial score (nSPS) is 13.8. The lowest BCUT2D eigenvalue weighted by Gasteiger charge is -2.31. The molecule has 0 aliphatic carbocycles. The number of fused-ring (bicyclic) bond motifs is 1. The van der Waals surface area contributed by atoms with Crippen molar-refractivity contribution in [2.75, 3.05) is 23.8 Å². The average Bonchev–Trinajstić information content (AvgIpc) is 2.42. The minimum absolute atomic E-state index is 0.716. The first kappa shape index (κ1) is 12.4. The summed E-state index contributed by atoms with van der Waals surface area (Å²) in [5, 5.41) is 0. The van der Waals surface area contributed by atoms with E-state index < -0.39 is 0 Å². The van der Waals surface area contributed by atoms with Crippen LogP contribution in [0.2, 0.25) is 0 Å². The van der Waals surface area contributed by atoms with Crippen LogP contribution in [-0.4, -0.2) is 13.2 Å². The molecule has 0 bridgehead atoms. The summed E-state index contributed by atoms with van der Waals surface area (Å²) in [7, 11) is 0. The summed E-state index contributed by atoms with van der Waals surface area (Å²) in [6.07, 6.45) is 0. The topological polar surface area (TPSA) is 38.5 Å². The van der Waals surface area contributed by atoms with Gasteiger partial charge < -0.3 is 15.4 Å². The van der Waals surface area contributed by atoms with Crippen molar-refractivity contribution in [3.63, 3.8) is 0 Å². The first-order valence-corrected chi connectivity index (χ1v) is 7.03. The molecule has 0 radical (unpaired) electrons. The van der Waals surface area contributed by atoms with Crippen LogP contribution < -0.4 is 15.4 Å². The Labute approximate surface area is 121 Å². The van der Waals surface area contributed by atoms with Crippen LogP contribution in [-0.2, 0) is 6.54 Å². The summed E-state index contributed by atoms with van der Waals surface area (Å²) in [6.45, 7) is 2.47. The monoisotopic (exact) mass is 318 g/mol. The fourth-order valence-electron chi connectivity index (χ4n) is 2.26. The number of ether oxygens (including phenoxy) is 1. The van der Waals surface area contributed by atoms with E-state index in [0.29, 0.717) is 6.61 Å². The van der Waals surface area contributed by atoms with Crippen molar-refractivity contribution in [2.45, 2.75) is 6.54 Å². The van der Waals surface area contributed by atoms with Gasteiger partial charge in [-0.15, -0.1) is 0 Å². The van der Waals surface area contributed by atoms with E-state index in [1.54, 1.807) is 0 Å². The average molecular weight is 319 g/mol. The second-order valence-corrected chi connectivity index (χ2v) is 5.54. The number of rotatable bonds is 2. The van der Waals surface area contributed by atoms with Gasteiger partial charge in [0, 0.05) is 16.7 Å². The maximum absolute atomic E-state index is 5.87. The molecule has 1 aliphatic heterocycles. The summed E-state index contributed by atoms with van der Waals surface area (Å²) >= 11 is 3.46. The number of nitrogens with two attached hydrogens (primary N) is 1. The molecule has 98 valence electrons. The Morgan fingerprint density at radius 2 is 1.95 bits per heavy atom. The van der Waals surface area contributed by atoms with Gasteiger partial charge in [-0.25, -0.2) is 0 Å². The third-order valence-corrected chi connectivity index (χ3v) is 3.76. The lowest BCUT2D eigenvalue weighted by molar-refractivity contribution is 0.307. The SMILES string of the molecule is Nc1ccc2c(c1)N(Cc1ccc(Br)cc1)CCO2. The van der Waals surface area contributed by atoms with Crippen LogP contribution in [0, 0.1) is 0 Å². The number of nitrogens with zero attached hydrogens (tertiary/aromatic N) is 1. The van der Waals surface area contributed by atoms with Gasteiger partial charge in [0.15, 0.2) is 0 Å². The quantitative estimate of drug-likeness (QED) is 0.862. The molecule has 19 heavy (non-hydrogen) atoms. The molecule has 2 N–H and O–H groups in total. The van der Waals surface area contributed by atoms with Gasteiger partial charge in [0.05, 0.1) is 12.2 Å². The summed E-state index contributed by atoms with van der Waals surface area (Å²) in [5.41, 5.74) is 8.99. The van der Waals surface area contributed by atoms with Gasteiger partial charge in [-0.1, -0.05) is 28.1 Å². The van der Waals surface area contributed by atoms with E-state index >= 15 is 0 Å². The van der Waals surface area contributed by atoms with Gasteiger partial charge in [0.1, 0.15) is 12.4 Å².